The highest BCUT2D eigenvalue weighted by Gasteiger charge is 2.58. The van der Waals surface area contributed by atoms with Crippen molar-refractivity contribution in [3.63, 3.8) is 0 Å². The molecule has 0 amide bonds. The number of fused-ring (bicyclic) bond motifs is 4. The largest absolute Gasteiger partial charge is 0.396 e. The first-order valence-corrected chi connectivity index (χ1v) is 20.0. The lowest BCUT2D eigenvalue weighted by Crippen LogP contribution is -2.52. The van der Waals surface area contributed by atoms with Gasteiger partial charge in [0.2, 0.25) is 0 Å². The molecule has 8 rings (SSSR count). The van der Waals surface area contributed by atoms with Gasteiger partial charge in [-0.2, -0.15) is 10.2 Å². The molecule has 0 radical (unpaired) electrons. The third-order valence-electron chi connectivity index (χ3n) is 17.4. The molecule has 0 saturated heterocycles. The Morgan fingerprint density at radius 2 is 1.16 bits per heavy atom. The summed E-state index contributed by atoms with van der Waals surface area (Å²) in [5.74, 6) is 4.03. The molecule has 6 aliphatic carbocycles. The van der Waals surface area contributed by atoms with Crippen LogP contribution in [0.2, 0.25) is 0 Å². The molecule has 2 aromatic rings. The Balaban J connectivity index is 0.000000172. The van der Waals surface area contributed by atoms with Crippen LogP contribution in [0.1, 0.15) is 116 Å². The highest BCUT2D eigenvalue weighted by atomic mass is 16.3. The fraction of sp³-hybridized carbons (Fsp3) is 0.814. The van der Waals surface area contributed by atoms with E-state index in [-0.39, 0.29) is 55.3 Å². The summed E-state index contributed by atoms with van der Waals surface area (Å²) in [6, 6.07) is 0. The SMILES string of the molecule is C.C=C1CC[C@H]2[C@H](CO)[C@@H]([C@@]3(C)Cc4cn[nH]c4C[C@@H]3CO)CC[C@]12C.C[C@H]1CC[C@H]2[C@H](CO)[C@@H]([C@@]3(C)Cc4cn[nH]c4C[C@@H]3CO)CC[C@]12C. The molecule has 0 bridgehead atoms. The number of nitrogens with zero attached hydrogens (tertiary/aromatic N) is 2. The number of H-pyrrole nitrogens is 2. The molecule has 0 aromatic carbocycles. The van der Waals surface area contributed by atoms with Gasteiger partial charge in [-0.3, -0.25) is 10.2 Å². The van der Waals surface area contributed by atoms with Crippen LogP contribution >= 0.6 is 0 Å². The molecule has 2 aromatic heterocycles. The number of hydrogen-bond donors (Lipinski definition) is 6. The molecule has 286 valence electrons. The Bertz CT molecular complexity index is 1520. The van der Waals surface area contributed by atoms with Crippen molar-refractivity contribution in [2.45, 2.75) is 119 Å². The second-order valence-corrected chi connectivity index (χ2v) is 19.0. The number of hydrogen-bond acceptors (Lipinski definition) is 6. The van der Waals surface area contributed by atoms with E-state index in [0.29, 0.717) is 47.5 Å². The molecule has 6 N–H and O–H groups in total. The average Bonchev–Trinajstić information content (AvgIpc) is 3.89. The first-order chi connectivity index (χ1) is 23.9. The van der Waals surface area contributed by atoms with Gasteiger partial charge >= 0.3 is 0 Å². The maximum absolute atomic E-state index is 10.4. The van der Waals surface area contributed by atoms with Crippen LogP contribution in [0.5, 0.6) is 0 Å². The maximum Gasteiger partial charge on any atom is 0.0522 e. The molecule has 4 saturated carbocycles. The van der Waals surface area contributed by atoms with Crippen LogP contribution in [-0.4, -0.2) is 67.2 Å². The predicted molar refractivity (Wildman–Crippen MR) is 203 cm³/mol. The number of allylic oxidation sites excluding steroid dienone is 1. The minimum Gasteiger partial charge on any atom is -0.396 e. The van der Waals surface area contributed by atoms with Crippen molar-refractivity contribution in [1.82, 2.24) is 20.4 Å². The van der Waals surface area contributed by atoms with Crippen LogP contribution in [-0.2, 0) is 25.7 Å². The van der Waals surface area contributed by atoms with Crippen molar-refractivity contribution < 1.29 is 20.4 Å². The predicted octanol–water partition coefficient (Wildman–Crippen LogP) is 6.94. The molecule has 0 aliphatic heterocycles. The van der Waals surface area contributed by atoms with Gasteiger partial charge in [0.1, 0.15) is 0 Å². The Hall–Kier alpha value is -2.00. The molecule has 8 heteroatoms. The molecular weight excluding hydrogens is 636 g/mol. The Morgan fingerprint density at radius 1 is 0.667 bits per heavy atom. The van der Waals surface area contributed by atoms with Crippen molar-refractivity contribution in [2.75, 3.05) is 26.4 Å². The van der Waals surface area contributed by atoms with E-state index < -0.39 is 0 Å². The summed E-state index contributed by atoms with van der Waals surface area (Å²) in [4.78, 5) is 0. The van der Waals surface area contributed by atoms with Crippen LogP contribution < -0.4 is 0 Å². The molecular formula is C43H70N4O4. The van der Waals surface area contributed by atoms with Crippen LogP contribution in [0.3, 0.4) is 0 Å². The highest BCUT2D eigenvalue weighted by molar-refractivity contribution is 5.27. The third kappa shape index (κ3) is 6.01. The fourth-order valence-corrected chi connectivity index (χ4v) is 13.7. The van der Waals surface area contributed by atoms with Crippen molar-refractivity contribution in [2.24, 2.45) is 74.9 Å². The first kappa shape index (κ1) is 38.7. The van der Waals surface area contributed by atoms with Crippen LogP contribution in [0.25, 0.3) is 0 Å². The number of aromatic nitrogens is 4. The van der Waals surface area contributed by atoms with E-state index in [2.05, 4.69) is 61.6 Å². The van der Waals surface area contributed by atoms with E-state index in [4.69, 9.17) is 0 Å². The summed E-state index contributed by atoms with van der Waals surface area (Å²) < 4.78 is 0. The number of aliphatic hydroxyl groups is 4. The van der Waals surface area contributed by atoms with Gasteiger partial charge in [-0.05, 0) is 163 Å². The van der Waals surface area contributed by atoms with Gasteiger partial charge in [-0.1, -0.05) is 54.2 Å². The second-order valence-electron chi connectivity index (χ2n) is 19.0. The van der Waals surface area contributed by atoms with Crippen molar-refractivity contribution in [3.8, 4) is 0 Å². The van der Waals surface area contributed by atoms with Gasteiger partial charge in [0, 0.05) is 37.8 Å². The zero-order chi connectivity index (χ0) is 35.6. The van der Waals surface area contributed by atoms with Crippen molar-refractivity contribution >= 4 is 0 Å². The minimum absolute atomic E-state index is 0. The molecule has 4 fully saturated rings. The molecule has 13 atom stereocenters. The quantitative estimate of drug-likeness (QED) is 0.180. The Labute approximate surface area is 307 Å². The third-order valence-corrected chi connectivity index (χ3v) is 17.4. The number of aliphatic hydroxyl groups excluding tert-OH is 4. The molecule has 0 unspecified atom stereocenters. The van der Waals surface area contributed by atoms with Gasteiger partial charge in [0.15, 0.2) is 0 Å². The molecule has 8 nitrogen and oxygen atoms in total. The molecule has 2 heterocycles. The Morgan fingerprint density at radius 3 is 1.67 bits per heavy atom. The summed E-state index contributed by atoms with van der Waals surface area (Å²) in [5.41, 5.74) is 7.05. The Kier molecular flexibility index (Phi) is 10.9. The summed E-state index contributed by atoms with van der Waals surface area (Å²) in [5, 5.41) is 55.8. The van der Waals surface area contributed by atoms with Gasteiger partial charge in [0.25, 0.3) is 0 Å². The number of aromatic amines is 2. The number of rotatable bonds is 6. The van der Waals surface area contributed by atoms with Crippen LogP contribution in [0.4, 0.5) is 0 Å². The molecule has 51 heavy (non-hydrogen) atoms. The van der Waals surface area contributed by atoms with Gasteiger partial charge < -0.3 is 20.4 Å². The van der Waals surface area contributed by atoms with E-state index in [1.807, 2.05) is 12.4 Å². The minimum atomic E-state index is 0. The summed E-state index contributed by atoms with van der Waals surface area (Å²) in [7, 11) is 0. The zero-order valence-corrected chi connectivity index (χ0v) is 31.6. The zero-order valence-electron chi connectivity index (χ0n) is 31.6. The van der Waals surface area contributed by atoms with Crippen LogP contribution in [0, 0.1) is 74.9 Å². The van der Waals surface area contributed by atoms with E-state index >= 15 is 0 Å². The summed E-state index contributed by atoms with van der Waals surface area (Å²) in [6.45, 7) is 17.3. The van der Waals surface area contributed by atoms with E-state index in [1.165, 1.54) is 60.2 Å². The van der Waals surface area contributed by atoms with Crippen molar-refractivity contribution in [3.05, 3.63) is 47.1 Å². The smallest absolute Gasteiger partial charge is 0.0522 e. The average molecular weight is 707 g/mol. The van der Waals surface area contributed by atoms with Crippen molar-refractivity contribution in [1.29, 1.82) is 0 Å². The summed E-state index contributed by atoms with van der Waals surface area (Å²) >= 11 is 0. The first-order valence-electron chi connectivity index (χ1n) is 20.0. The van der Waals surface area contributed by atoms with Crippen LogP contribution in [0.15, 0.2) is 24.5 Å². The highest BCUT2D eigenvalue weighted by Crippen LogP contribution is 2.64. The lowest BCUT2D eigenvalue weighted by molar-refractivity contribution is -0.0878. The van der Waals surface area contributed by atoms with E-state index in [0.717, 1.165) is 50.9 Å². The van der Waals surface area contributed by atoms with Gasteiger partial charge in [-0.15, -0.1) is 0 Å². The fourth-order valence-electron chi connectivity index (χ4n) is 13.7. The van der Waals surface area contributed by atoms with Gasteiger partial charge in [0.05, 0.1) is 12.4 Å². The lowest BCUT2D eigenvalue weighted by atomic mass is 9.49. The van der Waals surface area contributed by atoms with Gasteiger partial charge in [-0.25, -0.2) is 0 Å². The van der Waals surface area contributed by atoms with E-state index in [9.17, 15) is 20.4 Å². The van der Waals surface area contributed by atoms with E-state index in [1.54, 1.807) is 0 Å². The molecule has 0 spiro atoms. The molecule has 6 aliphatic rings. The topological polar surface area (TPSA) is 138 Å². The lowest BCUT2D eigenvalue weighted by Gasteiger charge is -2.56. The number of nitrogens with one attached hydrogen (secondary N) is 2. The monoisotopic (exact) mass is 707 g/mol. The maximum atomic E-state index is 10.4. The standard InChI is InChI=1S/C21H34N2O2.C21H32N2O2.CH4/c2*1-13-4-5-17-16(12-25)18(6-7-20(13,17)2)21(3)9-14-10-22-23-19(14)8-15(21)11-24;/h10,13,15-18,24-25H,4-9,11-12H2,1-3H3,(H,22,23);10,15-18,24-25H,1,4-9,11-12H2,2-3H3,(H,22,23);1H4/t13-,15+,16-,17-,18-,20+,21-;15-,16+,17+,18+,20-,21+;/m01./s1. The normalized spacial score (nSPS) is 44.3. The summed E-state index contributed by atoms with van der Waals surface area (Å²) in [6.07, 6.45) is 17.2. The second kappa shape index (κ2) is 14.3.